The van der Waals surface area contributed by atoms with Gasteiger partial charge in [-0.1, -0.05) is 24.3 Å². The summed E-state index contributed by atoms with van der Waals surface area (Å²) >= 11 is 0. The zero-order valence-corrected chi connectivity index (χ0v) is 15.1. The highest BCUT2D eigenvalue weighted by Crippen LogP contribution is 2.24. The molecule has 0 spiro atoms. The molecule has 130 valence electrons. The topological polar surface area (TPSA) is 66.1 Å². The van der Waals surface area contributed by atoms with Gasteiger partial charge in [-0.15, -0.1) is 0 Å². The van der Waals surface area contributed by atoms with Gasteiger partial charge >= 0.3 is 0 Å². The Hall–Kier alpha value is -1.66. The number of aromatic nitrogens is 2. The summed E-state index contributed by atoms with van der Waals surface area (Å²) in [4.78, 5) is 2.83. The number of sulfone groups is 1. The van der Waals surface area contributed by atoms with Crippen molar-refractivity contribution < 1.29 is 8.42 Å². The predicted molar refractivity (Wildman–Crippen MR) is 94.6 cm³/mol. The van der Waals surface area contributed by atoms with Crippen LogP contribution in [0.4, 0.5) is 0 Å². The van der Waals surface area contributed by atoms with Crippen LogP contribution in [0.1, 0.15) is 29.7 Å². The third-order valence-corrected chi connectivity index (χ3v) is 5.98. The third-order valence-electron chi connectivity index (χ3n) is 4.83. The summed E-state index contributed by atoms with van der Waals surface area (Å²) in [5, 5.41) is 6.82. The lowest BCUT2D eigenvalue weighted by molar-refractivity contribution is 0.166. The normalized spacial score (nSPS) is 19.5. The molecule has 24 heavy (non-hydrogen) atoms. The predicted octanol–water partition coefficient (Wildman–Crippen LogP) is 2.58. The van der Waals surface area contributed by atoms with Crippen LogP contribution >= 0.6 is 0 Å². The van der Waals surface area contributed by atoms with Crippen molar-refractivity contribution in [3.05, 3.63) is 47.3 Å². The van der Waals surface area contributed by atoms with Crippen LogP contribution in [-0.2, 0) is 22.8 Å². The van der Waals surface area contributed by atoms with Crippen LogP contribution in [-0.4, -0.2) is 42.9 Å². The van der Waals surface area contributed by atoms with Crippen molar-refractivity contribution in [1.29, 1.82) is 0 Å². The van der Waals surface area contributed by atoms with Crippen molar-refractivity contribution in [2.45, 2.75) is 37.6 Å². The first-order chi connectivity index (χ1) is 11.4. The molecule has 1 aromatic heterocycles. The molecule has 0 bridgehead atoms. The molecule has 1 aliphatic rings. The van der Waals surface area contributed by atoms with E-state index in [-0.39, 0.29) is 0 Å². The molecule has 0 aliphatic carbocycles. The molecule has 3 rings (SSSR count). The summed E-state index contributed by atoms with van der Waals surface area (Å²) < 4.78 is 23.7. The number of hydrogen-bond donors (Lipinski definition) is 1. The second-order valence-corrected chi connectivity index (χ2v) is 8.84. The lowest BCUT2D eigenvalue weighted by atomic mass is 9.93. The molecule has 0 unspecified atom stereocenters. The molecule has 6 heteroatoms. The largest absolute Gasteiger partial charge is 0.299 e. The molecule has 1 fully saturated rings. The van der Waals surface area contributed by atoms with Crippen LogP contribution in [0.25, 0.3) is 0 Å². The van der Waals surface area contributed by atoms with E-state index in [2.05, 4.69) is 46.3 Å². The highest BCUT2D eigenvalue weighted by atomic mass is 32.2. The molecular formula is C18H25N3O2S. The maximum absolute atomic E-state index is 11.8. The van der Waals surface area contributed by atoms with Crippen molar-refractivity contribution in [3.8, 4) is 0 Å². The van der Waals surface area contributed by atoms with Crippen molar-refractivity contribution in [1.82, 2.24) is 15.1 Å². The number of nitrogens with one attached hydrogen (secondary N) is 1. The van der Waals surface area contributed by atoms with Crippen LogP contribution in [0, 0.1) is 12.8 Å². The van der Waals surface area contributed by atoms with Crippen LogP contribution in [0.3, 0.4) is 0 Å². The average molecular weight is 347 g/mol. The first-order valence-electron chi connectivity index (χ1n) is 8.42. The average Bonchev–Trinajstić information content (AvgIpc) is 2.98. The lowest BCUT2D eigenvalue weighted by Gasteiger charge is -2.33. The molecule has 5 nitrogen and oxygen atoms in total. The van der Waals surface area contributed by atoms with Gasteiger partial charge in [-0.2, -0.15) is 5.10 Å². The smallest absolute Gasteiger partial charge is 0.178 e. The van der Waals surface area contributed by atoms with Crippen molar-refractivity contribution in [3.63, 3.8) is 0 Å². The fourth-order valence-corrected chi connectivity index (χ4v) is 4.37. The van der Waals surface area contributed by atoms with Crippen LogP contribution < -0.4 is 0 Å². The second-order valence-electron chi connectivity index (χ2n) is 6.86. The van der Waals surface area contributed by atoms with Crippen LogP contribution in [0.5, 0.6) is 0 Å². The number of rotatable bonds is 5. The summed E-state index contributed by atoms with van der Waals surface area (Å²) in [6.07, 6.45) is 5.70. The van der Waals surface area contributed by atoms with Gasteiger partial charge < -0.3 is 0 Å². The van der Waals surface area contributed by atoms with Gasteiger partial charge in [0, 0.05) is 19.3 Å². The van der Waals surface area contributed by atoms with Gasteiger partial charge in [0.1, 0.15) is 4.90 Å². The molecular weight excluding hydrogens is 322 g/mol. The van der Waals surface area contributed by atoms with E-state index in [4.69, 9.17) is 0 Å². The number of aromatic amines is 1. The number of likely N-dealkylation sites (tertiary alicyclic amines) is 1. The van der Waals surface area contributed by atoms with Gasteiger partial charge in [-0.05, 0) is 49.8 Å². The number of benzene rings is 1. The van der Waals surface area contributed by atoms with E-state index in [0.29, 0.717) is 10.8 Å². The van der Waals surface area contributed by atoms with E-state index in [9.17, 15) is 8.42 Å². The van der Waals surface area contributed by atoms with E-state index in [1.807, 2.05) is 0 Å². The summed E-state index contributed by atoms with van der Waals surface area (Å²) in [6.45, 7) is 5.22. The van der Waals surface area contributed by atoms with Gasteiger partial charge in [0.2, 0.25) is 0 Å². The Bertz CT molecular complexity index is 798. The maximum atomic E-state index is 11.8. The summed E-state index contributed by atoms with van der Waals surface area (Å²) in [7, 11) is -3.22. The molecule has 1 aromatic carbocycles. The minimum absolute atomic E-state index is 0.346. The van der Waals surface area contributed by atoms with E-state index in [1.165, 1.54) is 23.6 Å². The minimum Gasteiger partial charge on any atom is -0.299 e. The summed E-state index contributed by atoms with van der Waals surface area (Å²) in [5.41, 5.74) is 3.45. The molecule has 0 saturated carbocycles. The Morgan fingerprint density at radius 2 is 2.12 bits per heavy atom. The Morgan fingerprint density at radius 1 is 1.33 bits per heavy atom. The number of nitrogens with zero attached hydrogens (tertiary/aromatic N) is 2. The first-order valence-corrected chi connectivity index (χ1v) is 10.3. The Balaban J connectivity index is 1.66. The first kappa shape index (κ1) is 17.2. The molecule has 1 atom stereocenters. The van der Waals surface area contributed by atoms with Crippen LogP contribution in [0.2, 0.25) is 0 Å². The monoisotopic (exact) mass is 347 g/mol. The van der Waals surface area contributed by atoms with Crippen LogP contribution in [0.15, 0.2) is 35.4 Å². The Morgan fingerprint density at radius 3 is 2.88 bits per heavy atom. The van der Waals surface area contributed by atoms with E-state index >= 15 is 0 Å². The number of H-pyrrole nitrogens is 1. The maximum Gasteiger partial charge on any atom is 0.178 e. The van der Waals surface area contributed by atoms with Gasteiger partial charge in [0.15, 0.2) is 9.84 Å². The number of piperidine rings is 1. The zero-order valence-electron chi connectivity index (χ0n) is 14.3. The quantitative estimate of drug-likeness (QED) is 0.903. The van der Waals surface area contributed by atoms with Crippen molar-refractivity contribution in [2.75, 3.05) is 19.3 Å². The Kier molecular flexibility index (Phi) is 5.06. The molecule has 0 amide bonds. The zero-order chi connectivity index (χ0) is 17.2. The van der Waals surface area contributed by atoms with E-state index in [0.717, 1.165) is 44.6 Å². The molecule has 1 aliphatic heterocycles. The molecule has 1 saturated heterocycles. The summed E-state index contributed by atoms with van der Waals surface area (Å²) in [5.74, 6) is 0.462. The standard InChI is InChI=1S/C18H25N3O2S/c1-14-6-3-4-8-16(14)13-21-9-5-7-15(12-21)10-17-18(11-19-20-17)24(2,22)23/h3-4,6,8,11,15H,5,7,9-10,12-13H2,1-2H3,(H,19,20)/t15-/m1/s1. The lowest BCUT2D eigenvalue weighted by Crippen LogP contribution is -2.36. The molecule has 1 N–H and O–H groups in total. The highest BCUT2D eigenvalue weighted by molar-refractivity contribution is 7.90. The Labute approximate surface area is 144 Å². The van der Waals surface area contributed by atoms with Crippen molar-refractivity contribution >= 4 is 9.84 Å². The summed E-state index contributed by atoms with van der Waals surface area (Å²) in [6, 6.07) is 8.50. The second kappa shape index (κ2) is 7.07. The minimum atomic E-state index is -3.22. The van der Waals surface area contributed by atoms with Crippen molar-refractivity contribution in [2.24, 2.45) is 5.92 Å². The fraction of sp³-hybridized carbons (Fsp3) is 0.500. The van der Waals surface area contributed by atoms with Gasteiger partial charge in [-0.25, -0.2) is 8.42 Å². The SMILES string of the molecule is Cc1ccccc1CN1CCC[C@H](Cc2[nH]ncc2S(C)(=O)=O)C1. The molecule has 2 heterocycles. The van der Waals surface area contributed by atoms with E-state index < -0.39 is 9.84 Å². The molecule has 0 radical (unpaired) electrons. The molecule has 2 aromatic rings. The number of aryl methyl sites for hydroxylation is 1. The highest BCUT2D eigenvalue weighted by Gasteiger charge is 2.24. The fourth-order valence-electron chi connectivity index (χ4n) is 3.55. The van der Waals surface area contributed by atoms with Gasteiger partial charge in [0.05, 0.1) is 11.9 Å². The number of hydrogen-bond acceptors (Lipinski definition) is 4. The third kappa shape index (κ3) is 4.05. The van der Waals surface area contributed by atoms with E-state index in [1.54, 1.807) is 0 Å². The van der Waals surface area contributed by atoms with Gasteiger partial charge in [0.25, 0.3) is 0 Å². The van der Waals surface area contributed by atoms with Gasteiger partial charge in [-0.3, -0.25) is 10.00 Å².